The lowest BCUT2D eigenvalue weighted by molar-refractivity contribution is -0.116. The van der Waals surface area contributed by atoms with Crippen molar-refractivity contribution < 1.29 is 4.79 Å². The van der Waals surface area contributed by atoms with E-state index in [1.165, 1.54) is 37.7 Å². The average Bonchev–Trinajstić information content (AvgIpc) is 2.87. The highest BCUT2D eigenvalue weighted by Crippen LogP contribution is 2.63. The van der Waals surface area contributed by atoms with Crippen LogP contribution in [0.25, 0.3) is 0 Å². The molecule has 0 aromatic rings. The van der Waals surface area contributed by atoms with Crippen LogP contribution in [0.2, 0.25) is 0 Å². The molecule has 0 aromatic carbocycles. The zero-order valence-electron chi connectivity index (χ0n) is 13.8. The zero-order valence-corrected chi connectivity index (χ0v) is 14.6. The molecular weight excluding hydrogens is 292 g/mol. The molecule has 22 heavy (non-hydrogen) atoms. The fourth-order valence-corrected chi connectivity index (χ4v) is 6.89. The van der Waals surface area contributed by atoms with E-state index in [4.69, 9.17) is 11.6 Å². The van der Waals surface area contributed by atoms with Gasteiger partial charge >= 0.3 is 0 Å². The summed E-state index contributed by atoms with van der Waals surface area (Å²) in [6.45, 7) is 4.75. The number of allylic oxidation sites excluding steroid dienone is 3. The zero-order chi connectivity index (χ0) is 15.5. The van der Waals surface area contributed by atoms with Crippen molar-refractivity contribution in [3.63, 3.8) is 0 Å². The Hall–Kier alpha value is -0.560. The van der Waals surface area contributed by atoms with Crippen molar-refractivity contribution in [2.24, 2.45) is 29.1 Å². The molecule has 0 radical (unpaired) electrons. The molecule has 1 nitrogen and oxygen atoms in total. The predicted molar refractivity (Wildman–Crippen MR) is 90.6 cm³/mol. The van der Waals surface area contributed by atoms with Crippen LogP contribution in [-0.4, -0.2) is 5.78 Å². The van der Waals surface area contributed by atoms with Gasteiger partial charge in [0.15, 0.2) is 5.78 Å². The molecule has 0 N–H and O–H groups in total. The van der Waals surface area contributed by atoms with Crippen LogP contribution in [0.5, 0.6) is 0 Å². The highest BCUT2D eigenvalue weighted by molar-refractivity contribution is 6.43. The Morgan fingerprint density at radius 3 is 2.68 bits per heavy atom. The number of fused-ring (bicyclic) bond motifs is 5. The first-order chi connectivity index (χ1) is 10.6. The van der Waals surface area contributed by atoms with Crippen molar-refractivity contribution in [2.45, 2.75) is 65.2 Å². The van der Waals surface area contributed by atoms with Crippen molar-refractivity contribution in [3.8, 4) is 0 Å². The second kappa shape index (κ2) is 5.23. The molecule has 0 saturated heterocycles. The number of ketones is 1. The molecule has 2 heteroatoms. The molecule has 0 spiro atoms. The van der Waals surface area contributed by atoms with Crippen LogP contribution in [0, 0.1) is 29.1 Å². The van der Waals surface area contributed by atoms with E-state index in [0.717, 1.165) is 30.6 Å². The molecular formula is C20H27ClO. The Morgan fingerprint density at radius 1 is 1.09 bits per heavy atom. The molecule has 0 amide bonds. The van der Waals surface area contributed by atoms with Gasteiger partial charge in [-0.1, -0.05) is 30.2 Å². The number of hydrogen-bond acceptors (Lipinski definition) is 1. The summed E-state index contributed by atoms with van der Waals surface area (Å²) in [7, 11) is 0. The Kier molecular flexibility index (Phi) is 3.56. The molecule has 0 aliphatic heterocycles. The van der Waals surface area contributed by atoms with Gasteiger partial charge in [-0.15, -0.1) is 0 Å². The summed E-state index contributed by atoms with van der Waals surface area (Å²) >= 11 is 6.38. The highest BCUT2D eigenvalue weighted by Gasteiger charge is 2.54. The van der Waals surface area contributed by atoms with Crippen molar-refractivity contribution in [1.82, 2.24) is 0 Å². The van der Waals surface area contributed by atoms with Crippen molar-refractivity contribution in [1.29, 1.82) is 0 Å². The lowest BCUT2D eigenvalue weighted by Crippen LogP contribution is -2.45. The van der Waals surface area contributed by atoms with E-state index < -0.39 is 0 Å². The largest absolute Gasteiger partial charge is 0.293 e. The molecule has 3 saturated carbocycles. The van der Waals surface area contributed by atoms with Gasteiger partial charge in [-0.2, -0.15) is 0 Å². The molecule has 120 valence electrons. The van der Waals surface area contributed by atoms with Gasteiger partial charge in [-0.05, 0) is 86.5 Å². The third kappa shape index (κ3) is 1.94. The summed E-state index contributed by atoms with van der Waals surface area (Å²) in [6.07, 6.45) is 11.8. The van der Waals surface area contributed by atoms with E-state index >= 15 is 0 Å². The quantitative estimate of drug-likeness (QED) is 0.528. The number of Topliss-reactive ketones (excluding diaryl/α,β-unsaturated/α-hetero) is 1. The number of halogens is 1. The van der Waals surface area contributed by atoms with Gasteiger partial charge < -0.3 is 0 Å². The predicted octanol–water partition coefficient (Wildman–Crippen LogP) is 5.64. The van der Waals surface area contributed by atoms with Crippen LogP contribution in [-0.2, 0) is 4.79 Å². The minimum Gasteiger partial charge on any atom is -0.293 e. The minimum atomic E-state index is 0.198. The van der Waals surface area contributed by atoms with Gasteiger partial charge in [-0.25, -0.2) is 0 Å². The Labute approximate surface area is 139 Å². The van der Waals surface area contributed by atoms with Crippen LogP contribution in [0.1, 0.15) is 65.2 Å². The van der Waals surface area contributed by atoms with Crippen molar-refractivity contribution >= 4 is 17.4 Å². The summed E-state index contributed by atoms with van der Waals surface area (Å²) < 4.78 is 0. The normalized spacial score (nSPS) is 46.5. The maximum atomic E-state index is 11.9. The highest BCUT2D eigenvalue weighted by atomic mass is 35.5. The van der Waals surface area contributed by atoms with Crippen molar-refractivity contribution in [3.05, 3.63) is 22.3 Å². The lowest BCUT2D eigenvalue weighted by atomic mass is 9.52. The van der Waals surface area contributed by atoms with Crippen LogP contribution >= 0.6 is 11.6 Å². The number of hydrogen-bond donors (Lipinski definition) is 0. The number of carbonyl (C=O) groups excluding carboxylic acids is 1. The maximum absolute atomic E-state index is 11.9. The third-order valence-corrected chi connectivity index (χ3v) is 8.06. The van der Waals surface area contributed by atoms with Crippen LogP contribution in [0.15, 0.2) is 22.3 Å². The molecule has 4 aliphatic carbocycles. The molecule has 4 aliphatic rings. The van der Waals surface area contributed by atoms with Gasteiger partial charge in [0.25, 0.3) is 0 Å². The lowest BCUT2D eigenvalue weighted by Gasteiger charge is -2.53. The Balaban J connectivity index is 1.66. The van der Waals surface area contributed by atoms with Gasteiger partial charge in [0.1, 0.15) is 0 Å². The second-order valence-corrected chi connectivity index (χ2v) is 8.57. The molecule has 5 atom stereocenters. The number of rotatable bonds is 0. The van der Waals surface area contributed by atoms with Gasteiger partial charge in [0.2, 0.25) is 0 Å². The first kappa shape index (κ1) is 15.0. The van der Waals surface area contributed by atoms with E-state index in [9.17, 15) is 4.79 Å². The molecule has 0 bridgehead atoms. The number of carbonyl (C=O) groups is 1. The first-order valence-corrected chi connectivity index (χ1v) is 9.51. The fourth-order valence-electron chi connectivity index (χ4n) is 6.56. The van der Waals surface area contributed by atoms with Crippen LogP contribution in [0.3, 0.4) is 0 Å². The van der Waals surface area contributed by atoms with E-state index in [0.29, 0.717) is 22.8 Å². The summed E-state index contributed by atoms with van der Waals surface area (Å²) in [5, 5.41) is 0.614. The first-order valence-electron chi connectivity index (χ1n) is 9.13. The maximum Gasteiger partial charge on any atom is 0.174 e. The Bertz CT molecular complexity index is 572. The van der Waals surface area contributed by atoms with E-state index in [1.54, 1.807) is 5.57 Å². The van der Waals surface area contributed by atoms with E-state index in [-0.39, 0.29) is 5.78 Å². The summed E-state index contributed by atoms with van der Waals surface area (Å²) in [5.74, 6) is 3.34. The SMILES string of the molecule is C/C=C1/CCC2C3CCC4=C(Cl)C(=O)CCC4C3CC[C@]12C. The molecule has 3 fully saturated rings. The van der Waals surface area contributed by atoms with Crippen LogP contribution in [0.4, 0.5) is 0 Å². The topological polar surface area (TPSA) is 17.1 Å². The standard InChI is InChI=1S/C20H27ClO/c1-3-12-4-8-17-15-5-6-16-13(7-9-18(22)19(16)21)14(15)10-11-20(12,17)2/h3,13-15,17H,4-11H2,1-2H3/b12-3-/t13?,14?,15?,17?,20-/m1/s1. The minimum absolute atomic E-state index is 0.198. The van der Waals surface area contributed by atoms with Crippen molar-refractivity contribution in [2.75, 3.05) is 0 Å². The van der Waals surface area contributed by atoms with Gasteiger partial charge in [0.05, 0.1) is 5.03 Å². The molecule has 0 aromatic heterocycles. The van der Waals surface area contributed by atoms with Crippen LogP contribution < -0.4 is 0 Å². The summed E-state index contributed by atoms with van der Waals surface area (Å²) in [4.78, 5) is 11.9. The van der Waals surface area contributed by atoms with E-state index in [2.05, 4.69) is 19.9 Å². The fraction of sp³-hybridized carbons (Fsp3) is 0.750. The monoisotopic (exact) mass is 318 g/mol. The smallest absolute Gasteiger partial charge is 0.174 e. The second-order valence-electron chi connectivity index (χ2n) is 8.19. The van der Waals surface area contributed by atoms with Gasteiger partial charge in [0, 0.05) is 6.42 Å². The summed E-state index contributed by atoms with van der Waals surface area (Å²) in [6, 6.07) is 0. The van der Waals surface area contributed by atoms with Gasteiger partial charge in [-0.3, -0.25) is 4.79 Å². The van der Waals surface area contributed by atoms with E-state index in [1.807, 2.05) is 0 Å². The molecule has 4 unspecified atom stereocenters. The third-order valence-electron chi connectivity index (χ3n) is 7.61. The molecule has 4 rings (SSSR count). The molecule has 0 heterocycles. The summed E-state index contributed by atoms with van der Waals surface area (Å²) in [5.41, 5.74) is 3.51. The Morgan fingerprint density at radius 2 is 1.91 bits per heavy atom. The average molecular weight is 319 g/mol.